The van der Waals surface area contributed by atoms with E-state index in [0.717, 1.165) is 24.8 Å². The molecule has 1 atom stereocenters. The van der Waals surface area contributed by atoms with Crippen LogP contribution in [0, 0.1) is 0 Å². The summed E-state index contributed by atoms with van der Waals surface area (Å²) in [6.07, 6.45) is 3.06. The van der Waals surface area contributed by atoms with Crippen molar-refractivity contribution < 1.29 is 8.42 Å². The number of thiocarbonyl (C=S) groups is 1. The van der Waals surface area contributed by atoms with Crippen molar-refractivity contribution in [3.05, 3.63) is 29.8 Å². The average molecular weight is 314 g/mol. The fourth-order valence-electron chi connectivity index (χ4n) is 1.97. The van der Waals surface area contributed by atoms with Crippen molar-refractivity contribution in [1.29, 1.82) is 0 Å². The standard InChI is InChI=1S/C14H22N2O2S2/c1-3-5-12(4-2)16-20(17,18)13-8-6-11(7-9-13)10-14(15)19/h6-9,12,16H,3-5,10H2,1-2H3,(H2,15,19). The van der Waals surface area contributed by atoms with Crippen LogP contribution in [-0.2, 0) is 16.4 Å². The highest BCUT2D eigenvalue weighted by molar-refractivity contribution is 7.89. The molecule has 0 aliphatic heterocycles. The van der Waals surface area contributed by atoms with Gasteiger partial charge in [0.15, 0.2) is 0 Å². The SMILES string of the molecule is CCCC(CC)NS(=O)(=O)c1ccc(CC(N)=S)cc1. The van der Waals surface area contributed by atoms with E-state index < -0.39 is 10.0 Å². The molecule has 0 spiro atoms. The molecule has 0 saturated carbocycles. The number of hydrogen-bond donors (Lipinski definition) is 2. The van der Waals surface area contributed by atoms with E-state index in [0.29, 0.717) is 11.4 Å². The maximum atomic E-state index is 12.2. The Balaban J connectivity index is 2.84. The first-order valence-corrected chi connectivity index (χ1v) is 8.67. The van der Waals surface area contributed by atoms with Crippen LogP contribution in [0.4, 0.5) is 0 Å². The Kier molecular flexibility index (Phi) is 6.58. The van der Waals surface area contributed by atoms with Gasteiger partial charge in [0.1, 0.15) is 0 Å². The van der Waals surface area contributed by atoms with Crippen LogP contribution >= 0.6 is 12.2 Å². The second kappa shape index (κ2) is 7.71. The maximum Gasteiger partial charge on any atom is 0.240 e. The molecule has 112 valence electrons. The van der Waals surface area contributed by atoms with Gasteiger partial charge in [-0.3, -0.25) is 0 Å². The fraction of sp³-hybridized carbons (Fsp3) is 0.500. The smallest absolute Gasteiger partial charge is 0.240 e. The minimum atomic E-state index is -3.45. The van der Waals surface area contributed by atoms with E-state index in [9.17, 15) is 8.42 Å². The molecule has 6 heteroatoms. The summed E-state index contributed by atoms with van der Waals surface area (Å²) in [7, 11) is -3.45. The molecule has 0 aliphatic rings. The number of hydrogen-bond acceptors (Lipinski definition) is 3. The molecule has 20 heavy (non-hydrogen) atoms. The molecule has 1 aromatic carbocycles. The second-order valence-electron chi connectivity index (χ2n) is 4.80. The molecule has 0 saturated heterocycles. The average Bonchev–Trinajstić information content (AvgIpc) is 2.38. The molecule has 3 N–H and O–H groups in total. The first kappa shape index (κ1) is 17.1. The van der Waals surface area contributed by atoms with Crippen molar-refractivity contribution in [3.63, 3.8) is 0 Å². The monoisotopic (exact) mass is 314 g/mol. The Bertz CT molecular complexity index is 539. The highest BCUT2D eigenvalue weighted by Gasteiger charge is 2.18. The highest BCUT2D eigenvalue weighted by Crippen LogP contribution is 2.13. The van der Waals surface area contributed by atoms with Crippen LogP contribution in [0.15, 0.2) is 29.2 Å². The molecular weight excluding hydrogens is 292 g/mol. The summed E-state index contributed by atoms with van der Waals surface area (Å²) in [4.78, 5) is 0.673. The van der Waals surface area contributed by atoms with Gasteiger partial charge in [0, 0.05) is 12.5 Å². The van der Waals surface area contributed by atoms with Crippen LogP contribution in [0.5, 0.6) is 0 Å². The van der Waals surface area contributed by atoms with Crippen molar-refractivity contribution in [1.82, 2.24) is 4.72 Å². The van der Waals surface area contributed by atoms with E-state index >= 15 is 0 Å². The third kappa shape index (κ3) is 5.19. The first-order chi connectivity index (χ1) is 9.39. The van der Waals surface area contributed by atoms with E-state index in [1.165, 1.54) is 0 Å². The Morgan fingerprint density at radius 3 is 2.35 bits per heavy atom. The van der Waals surface area contributed by atoms with Gasteiger partial charge >= 0.3 is 0 Å². The van der Waals surface area contributed by atoms with Crippen LogP contribution in [-0.4, -0.2) is 19.4 Å². The van der Waals surface area contributed by atoms with Crippen LogP contribution < -0.4 is 10.5 Å². The summed E-state index contributed by atoms with van der Waals surface area (Å²) in [5, 5.41) is 0. The molecular formula is C14H22N2O2S2. The van der Waals surface area contributed by atoms with Crippen LogP contribution in [0.1, 0.15) is 38.7 Å². The summed E-state index contributed by atoms with van der Waals surface area (Å²) in [6.45, 7) is 4.02. The third-order valence-electron chi connectivity index (χ3n) is 3.06. The quantitative estimate of drug-likeness (QED) is 0.723. The van der Waals surface area contributed by atoms with Crippen molar-refractivity contribution in [2.24, 2.45) is 5.73 Å². The lowest BCUT2D eigenvalue weighted by Gasteiger charge is -2.16. The topological polar surface area (TPSA) is 72.2 Å². The normalized spacial score (nSPS) is 13.1. The predicted octanol–water partition coefficient (Wildman–Crippen LogP) is 2.37. The fourth-order valence-corrected chi connectivity index (χ4v) is 3.49. The summed E-state index contributed by atoms with van der Waals surface area (Å²) < 4.78 is 27.2. The van der Waals surface area contributed by atoms with Crippen LogP contribution in [0.3, 0.4) is 0 Å². The zero-order valence-corrected chi connectivity index (χ0v) is 13.6. The van der Waals surface area contributed by atoms with Gasteiger partial charge in [0.05, 0.1) is 9.88 Å². The third-order valence-corrected chi connectivity index (χ3v) is 4.74. The van der Waals surface area contributed by atoms with Crippen molar-refractivity contribution >= 4 is 27.2 Å². The largest absolute Gasteiger partial charge is 0.393 e. The van der Waals surface area contributed by atoms with E-state index in [4.69, 9.17) is 18.0 Å². The Labute approximate surface area is 126 Å². The number of benzene rings is 1. The van der Waals surface area contributed by atoms with Crippen LogP contribution in [0.2, 0.25) is 0 Å². The van der Waals surface area contributed by atoms with Gasteiger partial charge in [-0.2, -0.15) is 0 Å². The van der Waals surface area contributed by atoms with Crippen molar-refractivity contribution in [2.75, 3.05) is 0 Å². The number of sulfonamides is 1. The van der Waals surface area contributed by atoms with E-state index in [-0.39, 0.29) is 10.9 Å². The summed E-state index contributed by atoms with van der Waals surface area (Å²) >= 11 is 4.83. The molecule has 0 heterocycles. The summed E-state index contributed by atoms with van der Waals surface area (Å²) in [5.74, 6) is 0. The van der Waals surface area contributed by atoms with Gasteiger partial charge in [-0.15, -0.1) is 0 Å². The number of nitrogens with two attached hydrogens (primary N) is 1. The molecule has 1 unspecified atom stereocenters. The zero-order valence-electron chi connectivity index (χ0n) is 11.9. The predicted molar refractivity (Wildman–Crippen MR) is 86.2 cm³/mol. The van der Waals surface area contributed by atoms with Gasteiger partial charge in [0.25, 0.3) is 0 Å². The van der Waals surface area contributed by atoms with Gasteiger partial charge in [0.2, 0.25) is 10.0 Å². The molecule has 0 amide bonds. The minimum Gasteiger partial charge on any atom is -0.393 e. The second-order valence-corrected chi connectivity index (χ2v) is 7.04. The van der Waals surface area contributed by atoms with Crippen molar-refractivity contribution in [2.45, 2.75) is 50.5 Å². The van der Waals surface area contributed by atoms with E-state index in [2.05, 4.69) is 4.72 Å². The molecule has 1 aromatic rings. The number of nitrogens with one attached hydrogen (secondary N) is 1. The molecule has 0 aliphatic carbocycles. The van der Waals surface area contributed by atoms with Crippen LogP contribution in [0.25, 0.3) is 0 Å². The zero-order chi connectivity index (χ0) is 15.2. The van der Waals surface area contributed by atoms with Gasteiger partial charge in [-0.1, -0.05) is 44.6 Å². The van der Waals surface area contributed by atoms with E-state index in [1.807, 2.05) is 13.8 Å². The summed E-state index contributed by atoms with van der Waals surface area (Å²) in [6, 6.07) is 6.66. The first-order valence-electron chi connectivity index (χ1n) is 6.78. The van der Waals surface area contributed by atoms with Gasteiger partial charge in [-0.05, 0) is 30.5 Å². The lowest BCUT2D eigenvalue weighted by Crippen LogP contribution is -2.34. The maximum absolute atomic E-state index is 12.2. The van der Waals surface area contributed by atoms with E-state index in [1.54, 1.807) is 24.3 Å². The molecule has 0 radical (unpaired) electrons. The number of rotatable bonds is 8. The Hall–Kier alpha value is -0.980. The minimum absolute atomic E-state index is 0.0127. The molecule has 1 rings (SSSR count). The lowest BCUT2D eigenvalue weighted by molar-refractivity contribution is 0.512. The highest BCUT2D eigenvalue weighted by atomic mass is 32.2. The van der Waals surface area contributed by atoms with Gasteiger partial charge in [-0.25, -0.2) is 13.1 Å². The molecule has 0 fully saturated rings. The molecule has 4 nitrogen and oxygen atoms in total. The molecule has 0 aromatic heterocycles. The van der Waals surface area contributed by atoms with Crippen molar-refractivity contribution in [3.8, 4) is 0 Å². The lowest BCUT2D eigenvalue weighted by atomic mass is 10.1. The Morgan fingerprint density at radius 1 is 1.30 bits per heavy atom. The van der Waals surface area contributed by atoms with Gasteiger partial charge < -0.3 is 5.73 Å². The molecule has 0 bridgehead atoms. The summed E-state index contributed by atoms with van der Waals surface area (Å²) in [5.41, 5.74) is 6.38. The Morgan fingerprint density at radius 2 is 1.90 bits per heavy atom.